The van der Waals surface area contributed by atoms with Gasteiger partial charge in [0.1, 0.15) is 16.4 Å². The van der Waals surface area contributed by atoms with Crippen molar-refractivity contribution in [2.75, 3.05) is 38.2 Å². The minimum atomic E-state index is -0.291. The van der Waals surface area contributed by atoms with Gasteiger partial charge in [0.25, 0.3) is 5.91 Å². The lowest BCUT2D eigenvalue weighted by Crippen LogP contribution is -2.38. The van der Waals surface area contributed by atoms with Crippen LogP contribution in [0.5, 0.6) is 0 Å². The van der Waals surface area contributed by atoms with E-state index in [4.69, 9.17) is 9.84 Å². The van der Waals surface area contributed by atoms with Gasteiger partial charge in [-0.1, -0.05) is 6.07 Å². The SMILES string of the molecule is O=C(Nc1cn(CCN2CCOCC2)nc1-c1ccccn1)c1csc(-c2cn[nH]c2)n1. The average molecular weight is 451 g/mol. The first-order chi connectivity index (χ1) is 15.8. The molecule has 164 valence electrons. The topological polar surface area (TPSA) is 114 Å². The first-order valence-corrected chi connectivity index (χ1v) is 11.2. The summed E-state index contributed by atoms with van der Waals surface area (Å²) in [5.41, 5.74) is 3.13. The van der Waals surface area contributed by atoms with Crippen LogP contribution in [0.1, 0.15) is 10.5 Å². The minimum absolute atomic E-state index is 0.291. The van der Waals surface area contributed by atoms with Gasteiger partial charge >= 0.3 is 0 Å². The molecule has 0 aliphatic carbocycles. The molecule has 2 N–H and O–H groups in total. The number of pyridine rings is 1. The zero-order valence-electron chi connectivity index (χ0n) is 17.3. The number of morpholine rings is 1. The fraction of sp³-hybridized carbons (Fsp3) is 0.286. The van der Waals surface area contributed by atoms with E-state index in [0.29, 0.717) is 29.3 Å². The molecular formula is C21H22N8O2S. The maximum atomic E-state index is 12.9. The Bertz CT molecular complexity index is 1170. The van der Waals surface area contributed by atoms with E-state index in [2.05, 4.69) is 30.4 Å². The molecule has 0 aromatic carbocycles. The van der Waals surface area contributed by atoms with Crippen LogP contribution in [-0.4, -0.2) is 73.6 Å². The van der Waals surface area contributed by atoms with Crippen molar-refractivity contribution >= 4 is 22.9 Å². The van der Waals surface area contributed by atoms with Gasteiger partial charge in [0.05, 0.1) is 37.3 Å². The number of hydrogen-bond donors (Lipinski definition) is 2. The second-order valence-electron chi connectivity index (χ2n) is 7.30. The molecule has 1 amide bonds. The number of amides is 1. The number of aromatic amines is 1. The van der Waals surface area contributed by atoms with Crippen LogP contribution < -0.4 is 5.32 Å². The van der Waals surface area contributed by atoms with Gasteiger partial charge in [-0.25, -0.2) is 4.98 Å². The van der Waals surface area contributed by atoms with E-state index in [-0.39, 0.29) is 5.91 Å². The zero-order valence-corrected chi connectivity index (χ0v) is 18.1. The van der Waals surface area contributed by atoms with Crippen LogP contribution in [0.3, 0.4) is 0 Å². The Morgan fingerprint density at radius 2 is 2.16 bits per heavy atom. The summed E-state index contributed by atoms with van der Waals surface area (Å²) in [6.45, 7) is 4.92. The Labute approximate surface area is 188 Å². The fourth-order valence-corrected chi connectivity index (χ4v) is 4.23. The first kappa shape index (κ1) is 20.5. The highest BCUT2D eigenvalue weighted by molar-refractivity contribution is 7.13. The highest BCUT2D eigenvalue weighted by Gasteiger charge is 2.19. The lowest BCUT2D eigenvalue weighted by Gasteiger charge is -2.26. The summed E-state index contributed by atoms with van der Waals surface area (Å²) >= 11 is 1.40. The van der Waals surface area contributed by atoms with Crippen molar-refractivity contribution in [3.8, 4) is 22.0 Å². The van der Waals surface area contributed by atoms with Crippen LogP contribution in [-0.2, 0) is 11.3 Å². The number of thiazole rings is 1. The van der Waals surface area contributed by atoms with E-state index in [1.807, 2.05) is 29.1 Å². The Morgan fingerprint density at radius 1 is 1.25 bits per heavy atom. The van der Waals surface area contributed by atoms with Gasteiger partial charge in [0.15, 0.2) is 0 Å². The highest BCUT2D eigenvalue weighted by atomic mass is 32.1. The van der Waals surface area contributed by atoms with Crippen LogP contribution in [0, 0.1) is 0 Å². The Hall–Kier alpha value is -3.41. The third-order valence-electron chi connectivity index (χ3n) is 5.15. The quantitative estimate of drug-likeness (QED) is 0.444. The van der Waals surface area contributed by atoms with E-state index in [1.165, 1.54) is 11.3 Å². The highest BCUT2D eigenvalue weighted by Crippen LogP contribution is 2.27. The summed E-state index contributed by atoms with van der Waals surface area (Å²) in [7, 11) is 0. The predicted molar refractivity (Wildman–Crippen MR) is 120 cm³/mol. The molecule has 32 heavy (non-hydrogen) atoms. The first-order valence-electron chi connectivity index (χ1n) is 10.3. The van der Waals surface area contributed by atoms with E-state index in [0.717, 1.165) is 43.4 Å². The number of hydrogen-bond acceptors (Lipinski definition) is 8. The molecule has 5 heterocycles. The summed E-state index contributed by atoms with van der Waals surface area (Å²) in [4.78, 5) is 24.1. The smallest absolute Gasteiger partial charge is 0.275 e. The molecule has 1 saturated heterocycles. The average Bonchev–Trinajstić information content (AvgIpc) is 3.60. The molecule has 4 aromatic heterocycles. The molecule has 10 nitrogen and oxygen atoms in total. The van der Waals surface area contributed by atoms with Gasteiger partial charge in [-0.3, -0.25) is 24.5 Å². The van der Waals surface area contributed by atoms with Crippen LogP contribution >= 0.6 is 11.3 Å². The summed E-state index contributed by atoms with van der Waals surface area (Å²) in [6.07, 6.45) is 6.99. The Kier molecular flexibility index (Phi) is 6.01. The molecule has 11 heteroatoms. The molecule has 0 spiro atoms. The predicted octanol–water partition coefficient (Wildman–Crippen LogP) is 2.38. The second-order valence-corrected chi connectivity index (χ2v) is 8.16. The van der Waals surface area contributed by atoms with Gasteiger partial charge in [0, 0.05) is 49.2 Å². The molecule has 0 saturated carbocycles. The summed E-state index contributed by atoms with van der Waals surface area (Å²) in [5.74, 6) is -0.291. The van der Waals surface area contributed by atoms with Gasteiger partial charge in [-0.15, -0.1) is 11.3 Å². The zero-order chi connectivity index (χ0) is 21.8. The van der Waals surface area contributed by atoms with E-state index < -0.39 is 0 Å². The minimum Gasteiger partial charge on any atom is -0.379 e. The number of anilines is 1. The molecule has 0 unspecified atom stereocenters. The summed E-state index contributed by atoms with van der Waals surface area (Å²) < 4.78 is 7.27. The molecule has 0 bridgehead atoms. The number of carbonyl (C=O) groups excluding carboxylic acids is 1. The van der Waals surface area contributed by atoms with Crippen molar-refractivity contribution in [2.45, 2.75) is 6.54 Å². The number of ether oxygens (including phenoxy) is 1. The van der Waals surface area contributed by atoms with Gasteiger partial charge in [0.2, 0.25) is 0 Å². The molecule has 0 atom stereocenters. The lowest BCUT2D eigenvalue weighted by molar-refractivity contribution is 0.0360. The maximum absolute atomic E-state index is 12.9. The van der Waals surface area contributed by atoms with Crippen LogP contribution in [0.15, 0.2) is 48.4 Å². The van der Waals surface area contributed by atoms with Gasteiger partial charge in [-0.2, -0.15) is 10.2 Å². The number of nitrogens with one attached hydrogen (secondary N) is 2. The van der Waals surface area contributed by atoms with Gasteiger partial charge < -0.3 is 10.1 Å². The molecule has 5 rings (SSSR count). The van der Waals surface area contributed by atoms with Crippen molar-refractivity contribution in [1.82, 2.24) is 34.8 Å². The van der Waals surface area contributed by atoms with E-state index in [1.54, 1.807) is 24.0 Å². The molecule has 1 aliphatic heterocycles. The largest absolute Gasteiger partial charge is 0.379 e. The van der Waals surface area contributed by atoms with Gasteiger partial charge in [-0.05, 0) is 12.1 Å². The Morgan fingerprint density at radius 3 is 2.94 bits per heavy atom. The van der Waals surface area contributed by atoms with Crippen LogP contribution in [0.2, 0.25) is 0 Å². The lowest BCUT2D eigenvalue weighted by atomic mass is 10.2. The maximum Gasteiger partial charge on any atom is 0.275 e. The molecule has 4 aromatic rings. The molecule has 1 fully saturated rings. The molecule has 1 aliphatic rings. The summed E-state index contributed by atoms with van der Waals surface area (Å²) in [6, 6.07) is 5.63. The third-order valence-corrected chi connectivity index (χ3v) is 6.04. The van der Waals surface area contributed by atoms with Crippen molar-refractivity contribution in [3.63, 3.8) is 0 Å². The van der Waals surface area contributed by atoms with Crippen LogP contribution in [0.4, 0.5) is 5.69 Å². The Balaban J connectivity index is 1.35. The number of nitrogens with zero attached hydrogens (tertiary/aromatic N) is 6. The van der Waals surface area contributed by atoms with E-state index in [9.17, 15) is 4.79 Å². The standard InChI is InChI=1S/C21H22N8O2S/c30-20(18-14-32-21(26-18)15-11-23-24-12-15)25-17-13-29(6-5-28-7-9-31-10-8-28)27-19(17)16-3-1-2-4-22-16/h1-4,11-14H,5-10H2,(H,23,24)(H,25,30). The number of aromatic nitrogens is 6. The van der Waals surface area contributed by atoms with Crippen molar-refractivity contribution < 1.29 is 9.53 Å². The monoisotopic (exact) mass is 450 g/mol. The number of carbonyl (C=O) groups is 1. The number of rotatable bonds is 7. The second kappa shape index (κ2) is 9.39. The third kappa shape index (κ3) is 4.59. The fourth-order valence-electron chi connectivity index (χ4n) is 3.45. The van der Waals surface area contributed by atoms with Crippen LogP contribution in [0.25, 0.3) is 22.0 Å². The van der Waals surface area contributed by atoms with Crippen molar-refractivity contribution in [2.24, 2.45) is 0 Å². The van der Waals surface area contributed by atoms with E-state index >= 15 is 0 Å². The molecular weight excluding hydrogens is 428 g/mol. The summed E-state index contributed by atoms with van der Waals surface area (Å²) in [5, 5.41) is 16.8. The van der Waals surface area contributed by atoms with Crippen molar-refractivity contribution in [1.29, 1.82) is 0 Å². The molecule has 0 radical (unpaired) electrons. The van der Waals surface area contributed by atoms with Crippen molar-refractivity contribution in [3.05, 3.63) is 54.1 Å². The number of H-pyrrole nitrogens is 1. The normalized spacial score (nSPS) is 14.5.